The summed E-state index contributed by atoms with van der Waals surface area (Å²) in [7, 11) is 0. The molecule has 10 heteroatoms. The molecule has 0 bridgehead atoms. The van der Waals surface area contributed by atoms with E-state index in [0.29, 0.717) is 22.0 Å². The number of carbonyl (C=O) groups is 2. The molecule has 5 N–H and O–H groups in total. The predicted molar refractivity (Wildman–Crippen MR) is 116 cm³/mol. The number of nitrogens with one attached hydrogen (secondary N) is 2. The second-order valence-corrected chi connectivity index (χ2v) is 6.68. The Morgan fingerprint density at radius 3 is 2.59 bits per heavy atom. The number of nitrogens with zero attached hydrogens (tertiary/aromatic N) is 4. The van der Waals surface area contributed by atoms with Crippen LogP contribution in [0.25, 0.3) is 10.8 Å². The number of nitrogens with two attached hydrogens (primary N) is 1. The van der Waals surface area contributed by atoms with Gasteiger partial charge in [0, 0.05) is 16.6 Å². The van der Waals surface area contributed by atoms with Gasteiger partial charge in [0.05, 0.1) is 11.8 Å². The fourth-order valence-corrected chi connectivity index (χ4v) is 3.05. The number of aromatic hydroxyl groups is 1. The zero-order valence-corrected chi connectivity index (χ0v) is 16.4. The van der Waals surface area contributed by atoms with Crippen molar-refractivity contribution in [1.29, 1.82) is 5.26 Å². The average molecular weight is 425 g/mol. The minimum absolute atomic E-state index is 0.0262. The molecular formula is C22H15N7O3. The van der Waals surface area contributed by atoms with Crippen molar-refractivity contribution in [2.24, 2.45) is 16.0 Å². The van der Waals surface area contributed by atoms with Crippen molar-refractivity contribution >= 4 is 39.8 Å². The van der Waals surface area contributed by atoms with Gasteiger partial charge in [-0.05, 0) is 35.7 Å². The van der Waals surface area contributed by atoms with Gasteiger partial charge in [0.25, 0.3) is 5.91 Å². The lowest BCUT2D eigenvalue weighted by Crippen LogP contribution is -2.13. The summed E-state index contributed by atoms with van der Waals surface area (Å²) in [5, 5.41) is 38.2. The topological polar surface area (TPSA) is 170 Å². The number of benzene rings is 3. The van der Waals surface area contributed by atoms with Gasteiger partial charge in [0.1, 0.15) is 17.3 Å². The molecule has 2 amide bonds. The first-order chi connectivity index (χ1) is 15.5. The fraction of sp³-hybridized carbons (Fsp3) is 0. The fourth-order valence-electron chi connectivity index (χ4n) is 3.05. The molecular weight excluding hydrogens is 410 g/mol. The van der Waals surface area contributed by atoms with Crippen LogP contribution in [0.5, 0.6) is 5.75 Å². The van der Waals surface area contributed by atoms with Gasteiger partial charge in [-0.3, -0.25) is 14.7 Å². The molecule has 0 aliphatic heterocycles. The van der Waals surface area contributed by atoms with E-state index >= 15 is 0 Å². The second kappa shape index (κ2) is 8.37. The van der Waals surface area contributed by atoms with E-state index in [1.807, 2.05) is 6.07 Å². The number of carbonyl (C=O) groups excluding carboxylic acids is 2. The number of rotatable bonds is 5. The van der Waals surface area contributed by atoms with Crippen LogP contribution in [0.4, 0.5) is 17.2 Å². The zero-order chi connectivity index (χ0) is 22.7. The summed E-state index contributed by atoms with van der Waals surface area (Å²) in [6.07, 6.45) is 1.31. The predicted octanol–water partition coefficient (Wildman–Crippen LogP) is 3.91. The number of fused-ring (bicyclic) bond motifs is 1. The van der Waals surface area contributed by atoms with Crippen LogP contribution >= 0.6 is 0 Å². The summed E-state index contributed by atoms with van der Waals surface area (Å²) in [6, 6.07) is 16.5. The molecule has 0 radical (unpaired) electrons. The molecule has 1 heterocycles. The normalized spacial score (nSPS) is 10.8. The quantitative estimate of drug-likeness (QED) is 0.355. The summed E-state index contributed by atoms with van der Waals surface area (Å²) >= 11 is 0. The first-order valence-electron chi connectivity index (χ1n) is 9.29. The minimum Gasteiger partial charge on any atom is -0.505 e. The lowest BCUT2D eigenvalue weighted by Gasteiger charge is -2.11. The van der Waals surface area contributed by atoms with Crippen molar-refractivity contribution in [3.05, 3.63) is 77.5 Å². The molecule has 0 aliphatic carbocycles. The summed E-state index contributed by atoms with van der Waals surface area (Å²) in [6.45, 7) is 0. The van der Waals surface area contributed by atoms with Crippen LogP contribution in [0.1, 0.15) is 26.3 Å². The Morgan fingerprint density at radius 2 is 1.88 bits per heavy atom. The molecule has 0 aliphatic rings. The molecule has 3 aromatic carbocycles. The van der Waals surface area contributed by atoms with Crippen LogP contribution < -0.4 is 11.1 Å². The molecule has 1 aromatic heterocycles. The Hall–Kier alpha value is -5.04. The molecule has 4 rings (SSSR count). The number of azo groups is 1. The van der Waals surface area contributed by atoms with Crippen LogP contribution in [-0.4, -0.2) is 27.1 Å². The van der Waals surface area contributed by atoms with Gasteiger partial charge in [-0.25, -0.2) is 0 Å². The Kier molecular flexibility index (Phi) is 5.29. The third-order valence-corrected chi connectivity index (χ3v) is 4.66. The van der Waals surface area contributed by atoms with Gasteiger partial charge in [-0.2, -0.15) is 10.4 Å². The Bertz CT molecular complexity index is 1420. The number of anilines is 1. The number of primary amides is 1. The number of phenols is 1. The summed E-state index contributed by atoms with van der Waals surface area (Å²) in [5.74, 6) is -1.42. The van der Waals surface area contributed by atoms with E-state index < -0.39 is 11.8 Å². The first-order valence-corrected chi connectivity index (χ1v) is 9.29. The van der Waals surface area contributed by atoms with Crippen LogP contribution in [0.3, 0.4) is 0 Å². The smallest absolute Gasteiger partial charge is 0.259 e. The van der Waals surface area contributed by atoms with Crippen LogP contribution in [0, 0.1) is 11.3 Å². The molecule has 32 heavy (non-hydrogen) atoms. The number of aromatic nitrogens is 2. The second-order valence-electron chi connectivity index (χ2n) is 6.68. The van der Waals surface area contributed by atoms with Crippen molar-refractivity contribution < 1.29 is 14.7 Å². The molecule has 0 unspecified atom stereocenters. The lowest BCUT2D eigenvalue weighted by atomic mass is 10.0. The maximum Gasteiger partial charge on any atom is 0.259 e. The van der Waals surface area contributed by atoms with Crippen LogP contribution in [0.15, 0.2) is 71.0 Å². The van der Waals surface area contributed by atoms with E-state index in [-0.39, 0.29) is 28.4 Å². The summed E-state index contributed by atoms with van der Waals surface area (Å²) < 4.78 is 0. The van der Waals surface area contributed by atoms with Gasteiger partial charge in [-0.1, -0.05) is 24.3 Å². The van der Waals surface area contributed by atoms with Gasteiger partial charge in [-0.15, -0.1) is 10.2 Å². The molecule has 0 spiro atoms. The molecule has 0 fully saturated rings. The highest BCUT2D eigenvalue weighted by molar-refractivity contribution is 6.11. The number of hydrogen-bond acceptors (Lipinski definition) is 7. The monoisotopic (exact) mass is 425 g/mol. The SMILES string of the molecule is N#Cc1cn[nH]c1N=Nc1c(O)c(C(=O)Nc2ccc(C(N)=O)cc2)cc2ccccc12. The van der Waals surface area contributed by atoms with Crippen molar-refractivity contribution in [2.75, 3.05) is 5.32 Å². The third-order valence-electron chi connectivity index (χ3n) is 4.66. The van der Waals surface area contributed by atoms with Gasteiger partial charge in [0.15, 0.2) is 11.6 Å². The lowest BCUT2D eigenvalue weighted by molar-refractivity contribution is 0.0998. The highest BCUT2D eigenvalue weighted by Crippen LogP contribution is 2.39. The number of H-pyrrole nitrogens is 1. The maximum absolute atomic E-state index is 12.9. The zero-order valence-electron chi connectivity index (χ0n) is 16.4. The van der Waals surface area contributed by atoms with Crippen molar-refractivity contribution in [3.8, 4) is 11.8 Å². The summed E-state index contributed by atoms with van der Waals surface area (Å²) in [5.41, 5.74) is 6.16. The van der Waals surface area contributed by atoms with E-state index in [1.54, 1.807) is 24.3 Å². The van der Waals surface area contributed by atoms with Crippen molar-refractivity contribution in [3.63, 3.8) is 0 Å². The minimum atomic E-state index is -0.587. The number of amides is 2. The highest BCUT2D eigenvalue weighted by Gasteiger charge is 2.19. The van der Waals surface area contributed by atoms with E-state index in [4.69, 9.17) is 11.0 Å². The number of aromatic amines is 1. The van der Waals surface area contributed by atoms with Crippen molar-refractivity contribution in [1.82, 2.24) is 10.2 Å². The number of nitriles is 1. The van der Waals surface area contributed by atoms with E-state index in [1.165, 1.54) is 36.5 Å². The highest BCUT2D eigenvalue weighted by atomic mass is 16.3. The van der Waals surface area contributed by atoms with Gasteiger partial charge in [0.2, 0.25) is 5.91 Å². The van der Waals surface area contributed by atoms with E-state index in [9.17, 15) is 14.7 Å². The standard InChI is InChI=1S/C22H15N7O3/c23-10-14-11-25-28-21(14)29-27-18-16-4-2-1-3-13(16)9-17(19(18)30)22(32)26-15-7-5-12(6-8-15)20(24)31/h1-9,11,30H,(H2,24,31)(H,25,28)(H,26,32). The Morgan fingerprint density at radius 1 is 1.12 bits per heavy atom. The van der Waals surface area contributed by atoms with Crippen LogP contribution in [0.2, 0.25) is 0 Å². The van der Waals surface area contributed by atoms with Crippen LogP contribution in [-0.2, 0) is 0 Å². The van der Waals surface area contributed by atoms with E-state index in [0.717, 1.165) is 0 Å². The average Bonchev–Trinajstić information content (AvgIpc) is 3.26. The number of hydrogen-bond donors (Lipinski definition) is 4. The summed E-state index contributed by atoms with van der Waals surface area (Å²) in [4.78, 5) is 24.1. The first kappa shape index (κ1) is 20.2. The molecule has 0 atom stereocenters. The molecule has 0 saturated carbocycles. The van der Waals surface area contributed by atoms with Gasteiger partial charge >= 0.3 is 0 Å². The Balaban J connectivity index is 1.73. The number of phenolic OH excluding ortho intramolecular Hbond substituents is 1. The molecule has 10 nitrogen and oxygen atoms in total. The maximum atomic E-state index is 12.9. The molecule has 0 saturated heterocycles. The van der Waals surface area contributed by atoms with Crippen molar-refractivity contribution in [2.45, 2.75) is 0 Å². The Labute approximate surface area is 181 Å². The van der Waals surface area contributed by atoms with E-state index in [2.05, 4.69) is 25.7 Å². The van der Waals surface area contributed by atoms with Gasteiger partial charge < -0.3 is 16.2 Å². The third kappa shape index (κ3) is 3.86. The largest absolute Gasteiger partial charge is 0.505 e. The molecule has 4 aromatic rings. The molecule has 156 valence electrons.